The van der Waals surface area contributed by atoms with Crippen molar-refractivity contribution in [2.45, 2.75) is 0 Å². The second-order valence-corrected chi connectivity index (χ2v) is 5.81. The van der Waals surface area contributed by atoms with Gasteiger partial charge in [-0.05, 0) is 24.3 Å². The highest BCUT2D eigenvalue weighted by atomic mass is 16.5. The summed E-state index contributed by atoms with van der Waals surface area (Å²) in [6, 6.07) is 10.5. The molecule has 25 heavy (non-hydrogen) atoms. The van der Waals surface area contributed by atoms with Gasteiger partial charge in [0.15, 0.2) is 5.75 Å². The van der Waals surface area contributed by atoms with Crippen molar-refractivity contribution in [3.05, 3.63) is 48.2 Å². The summed E-state index contributed by atoms with van der Waals surface area (Å²) >= 11 is 0. The van der Waals surface area contributed by atoms with E-state index in [1.54, 1.807) is 35.4 Å². The molecule has 0 aliphatic carbocycles. The van der Waals surface area contributed by atoms with E-state index in [9.17, 15) is 9.59 Å². The number of pyridine rings is 1. The molecule has 0 bridgehead atoms. The van der Waals surface area contributed by atoms with Crippen LogP contribution in [0.25, 0.3) is 0 Å². The first-order valence-electron chi connectivity index (χ1n) is 8.13. The predicted octanol–water partition coefficient (Wildman–Crippen LogP) is 1.69. The van der Waals surface area contributed by atoms with E-state index in [0.717, 1.165) is 0 Å². The highest BCUT2D eigenvalue weighted by Gasteiger charge is 2.31. The number of para-hydroxylation sites is 2. The number of carbonyl (C=O) groups excluding carboxylic acids is 2. The molecule has 2 amide bonds. The smallest absolute Gasteiger partial charge is 0.264 e. The second kappa shape index (κ2) is 6.52. The number of rotatable bonds is 2. The second-order valence-electron chi connectivity index (χ2n) is 5.81. The number of morpholine rings is 1. The Morgan fingerprint density at radius 2 is 1.92 bits per heavy atom. The number of anilines is 1. The molecule has 2 aliphatic rings. The predicted molar refractivity (Wildman–Crippen MR) is 89.8 cm³/mol. The van der Waals surface area contributed by atoms with Crippen LogP contribution in [0.15, 0.2) is 42.6 Å². The van der Waals surface area contributed by atoms with Crippen LogP contribution in [-0.2, 0) is 9.53 Å². The number of hydrogen-bond acceptors (Lipinski definition) is 5. The van der Waals surface area contributed by atoms with Crippen LogP contribution in [0, 0.1) is 0 Å². The Bertz CT molecular complexity index is 817. The van der Waals surface area contributed by atoms with Gasteiger partial charge in [-0.1, -0.05) is 12.1 Å². The van der Waals surface area contributed by atoms with E-state index in [0.29, 0.717) is 43.3 Å². The number of amides is 2. The minimum Gasteiger partial charge on any atom is -0.436 e. The van der Waals surface area contributed by atoms with Crippen molar-refractivity contribution < 1.29 is 19.1 Å². The SMILES string of the molecule is O=C(CN1C(=O)c2cccnc2Oc2ccccc21)N1CCOCC1. The van der Waals surface area contributed by atoms with Crippen molar-refractivity contribution in [1.82, 2.24) is 9.88 Å². The van der Waals surface area contributed by atoms with Crippen molar-refractivity contribution >= 4 is 17.5 Å². The largest absolute Gasteiger partial charge is 0.436 e. The molecule has 0 saturated carbocycles. The van der Waals surface area contributed by atoms with Crippen LogP contribution >= 0.6 is 0 Å². The highest BCUT2D eigenvalue weighted by Crippen LogP contribution is 2.37. The summed E-state index contributed by atoms with van der Waals surface area (Å²) in [6.45, 7) is 2.07. The zero-order chi connectivity index (χ0) is 17.2. The van der Waals surface area contributed by atoms with E-state index >= 15 is 0 Å². The summed E-state index contributed by atoms with van der Waals surface area (Å²) in [6.07, 6.45) is 1.57. The van der Waals surface area contributed by atoms with Gasteiger partial charge in [0.05, 0.1) is 18.9 Å². The molecule has 7 nitrogen and oxygen atoms in total. The van der Waals surface area contributed by atoms with Crippen molar-refractivity contribution in [3.63, 3.8) is 0 Å². The van der Waals surface area contributed by atoms with E-state index in [2.05, 4.69) is 4.98 Å². The Balaban J connectivity index is 1.69. The first-order chi connectivity index (χ1) is 12.2. The molecule has 0 N–H and O–H groups in total. The number of carbonyl (C=O) groups is 2. The number of benzene rings is 1. The third-order valence-electron chi connectivity index (χ3n) is 4.27. The van der Waals surface area contributed by atoms with Crippen LogP contribution < -0.4 is 9.64 Å². The summed E-state index contributed by atoms with van der Waals surface area (Å²) in [7, 11) is 0. The molecule has 0 unspecified atom stereocenters. The van der Waals surface area contributed by atoms with Gasteiger partial charge >= 0.3 is 0 Å². The lowest BCUT2D eigenvalue weighted by molar-refractivity contribution is -0.133. The topological polar surface area (TPSA) is 72.0 Å². The van der Waals surface area contributed by atoms with Crippen LogP contribution in [0.3, 0.4) is 0 Å². The average Bonchev–Trinajstić information content (AvgIpc) is 2.78. The minimum atomic E-state index is -0.297. The van der Waals surface area contributed by atoms with Gasteiger partial charge in [0.1, 0.15) is 12.1 Å². The van der Waals surface area contributed by atoms with Crippen LogP contribution in [0.5, 0.6) is 11.6 Å². The van der Waals surface area contributed by atoms with E-state index in [1.807, 2.05) is 12.1 Å². The normalized spacial score (nSPS) is 16.6. The fourth-order valence-corrected chi connectivity index (χ4v) is 2.97. The van der Waals surface area contributed by atoms with E-state index in [1.165, 1.54) is 4.90 Å². The molecule has 1 aromatic heterocycles. The van der Waals surface area contributed by atoms with Crippen molar-refractivity contribution in [2.75, 3.05) is 37.7 Å². The lowest BCUT2D eigenvalue weighted by Crippen LogP contribution is -2.47. The van der Waals surface area contributed by atoms with Crippen LogP contribution in [-0.4, -0.2) is 54.5 Å². The van der Waals surface area contributed by atoms with E-state index in [4.69, 9.17) is 9.47 Å². The molecule has 0 atom stereocenters. The molecule has 7 heteroatoms. The van der Waals surface area contributed by atoms with Crippen LogP contribution in [0.2, 0.25) is 0 Å². The van der Waals surface area contributed by atoms with Gasteiger partial charge in [0.2, 0.25) is 11.8 Å². The third-order valence-corrected chi connectivity index (χ3v) is 4.27. The molecule has 0 radical (unpaired) electrons. The zero-order valence-electron chi connectivity index (χ0n) is 13.6. The van der Waals surface area contributed by atoms with Gasteiger partial charge in [-0.2, -0.15) is 0 Å². The molecular formula is C18H17N3O4. The Kier molecular flexibility index (Phi) is 4.07. The zero-order valence-corrected chi connectivity index (χ0v) is 13.6. The number of hydrogen-bond donors (Lipinski definition) is 0. The first kappa shape index (κ1) is 15.6. The van der Waals surface area contributed by atoms with Crippen molar-refractivity contribution in [1.29, 1.82) is 0 Å². The summed E-state index contributed by atoms with van der Waals surface area (Å²) in [4.78, 5) is 33.0. The van der Waals surface area contributed by atoms with Gasteiger partial charge in [0.25, 0.3) is 5.91 Å². The average molecular weight is 339 g/mol. The van der Waals surface area contributed by atoms with Gasteiger partial charge < -0.3 is 14.4 Å². The van der Waals surface area contributed by atoms with E-state index < -0.39 is 0 Å². The summed E-state index contributed by atoms with van der Waals surface area (Å²) in [5.74, 6) is 0.345. The molecule has 1 aromatic carbocycles. The quantitative estimate of drug-likeness (QED) is 0.833. The monoisotopic (exact) mass is 339 g/mol. The molecule has 4 rings (SSSR count). The van der Waals surface area contributed by atoms with Crippen molar-refractivity contribution in [3.8, 4) is 11.6 Å². The fraction of sp³-hybridized carbons (Fsp3) is 0.278. The van der Waals surface area contributed by atoms with Gasteiger partial charge in [-0.3, -0.25) is 14.5 Å². The van der Waals surface area contributed by atoms with Crippen LogP contribution in [0.4, 0.5) is 5.69 Å². The maximum Gasteiger partial charge on any atom is 0.264 e. The van der Waals surface area contributed by atoms with Gasteiger partial charge in [-0.25, -0.2) is 4.98 Å². The minimum absolute atomic E-state index is 0.0481. The number of nitrogens with zero attached hydrogens (tertiary/aromatic N) is 3. The molecule has 1 fully saturated rings. The standard InChI is InChI=1S/C18H17N3O4/c22-16(20-8-10-24-11-9-20)12-21-14-5-1-2-6-15(14)25-17-13(18(21)23)4-3-7-19-17/h1-7H,8-12H2. The molecule has 0 spiro atoms. The summed E-state index contributed by atoms with van der Waals surface area (Å²) in [5.41, 5.74) is 0.903. The highest BCUT2D eigenvalue weighted by molar-refractivity contribution is 6.11. The molecule has 128 valence electrons. The van der Waals surface area contributed by atoms with Gasteiger partial charge in [-0.15, -0.1) is 0 Å². The Labute approximate surface area is 144 Å². The molecule has 2 aliphatic heterocycles. The molecule has 1 saturated heterocycles. The van der Waals surface area contributed by atoms with Crippen LogP contribution in [0.1, 0.15) is 10.4 Å². The number of ether oxygens (including phenoxy) is 2. The Morgan fingerprint density at radius 1 is 1.12 bits per heavy atom. The molecular weight excluding hydrogens is 322 g/mol. The fourth-order valence-electron chi connectivity index (χ4n) is 2.97. The Morgan fingerprint density at radius 3 is 2.76 bits per heavy atom. The Hall–Kier alpha value is -2.93. The van der Waals surface area contributed by atoms with Crippen molar-refractivity contribution in [2.24, 2.45) is 0 Å². The maximum atomic E-state index is 13.0. The lowest BCUT2D eigenvalue weighted by atomic mass is 10.2. The number of fused-ring (bicyclic) bond motifs is 2. The summed E-state index contributed by atoms with van der Waals surface area (Å²) in [5, 5.41) is 0. The van der Waals surface area contributed by atoms with E-state index in [-0.39, 0.29) is 24.2 Å². The first-order valence-corrected chi connectivity index (χ1v) is 8.13. The number of aromatic nitrogens is 1. The lowest BCUT2D eigenvalue weighted by Gasteiger charge is -2.29. The molecule has 3 heterocycles. The molecule has 2 aromatic rings. The third kappa shape index (κ3) is 2.94. The summed E-state index contributed by atoms with van der Waals surface area (Å²) < 4.78 is 11.1. The maximum absolute atomic E-state index is 13.0. The van der Waals surface area contributed by atoms with Gasteiger partial charge in [0, 0.05) is 19.3 Å².